The topological polar surface area (TPSA) is 47.4 Å². The van der Waals surface area contributed by atoms with Crippen LogP contribution in [-0.2, 0) is 0 Å². The third kappa shape index (κ3) is 3.93. The minimum Gasteiger partial charge on any atom is -0.489 e. The van der Waals surface area contributed by atoms with Gasteiger partial charge in [0.05, 0.1) is 16.2 Å². The highest BCUT2D eigenvalue weighted by atomic mass is 35.5. The van der Waals surface area contributed by atoms with Crippen molar-refractivity contribution in [3.63, 3.8) is 0 Å². The monoisotopic (exact) mass is 511 g/mol. The molecule has 174 valence electrons. The maximum atomic E-state index is 13.3. The lowest BCUT2D eigenvalue weighted by Crippen LogP contribution is -2.43. The molecular weight excluding hydrogens is 489 g/mol. The van der Waals surface area contributed by atoms with Gasteiger partial charge in [0.2, 0.25) is 0 Å². The van der Waals surface area contributed by atoms with Gasteiger partial charge < -0.3 is 9.64 Å². The number of thiophene rings is 1. The molecule has 2 aromatic heterocycles. The summed E-state index contributed by atoms with van der Waals surface area (Å²) in [6.07, 6.45) is 6.28. The van der Waals surface area contributed by atoms with Gasteiger partial charge in [-0.3, -0.25) is 9.36 Å². The second kappa shape index (κ2) is 8.68. The van der Waals surface area contributed by atoms with E-state index in [1.165, 1.54) is 28.7 Å². The minimum atomic E-state index is -0.119. The van der Waals surface area contributed by atoms with E-state index >= 15 is 0 Å². The van der Waals surface area contributed by atoms with E-state index in [4.69, 9.17) is 27.9 Å². The van der Waals surface area contributed by atoms with Gasteiger partial charge in [-0.25, -0.2) is 4.98 Å². The van der Waals surface area contributed by atoms with Gasteiger partial charge in [0.25, 0.3) is 5.56 Å². The van der Waals surface area contributed by atoms with Crippen molar-refractivity contribution in [2.45, 2.75) is 43.9 Å². The molecule has 0 radical (unpaired) electrons. The minimum absolute atomic E-state index is 0.119. The molecule has 2 aliphatic heterocycles. The van der Waals surface area contributed by atoms with E-state index in [1.54, 1.807) is 12.4 Å². The lowest BCUT2D eigenvalue weighted by Gasteiger charge is -2.36. The fourth-order valence-corrected chi connectivity index (χ4v) is 6.62. The number of hydrogen-bond donors (Lipinski definition) is 0. The molecule has 8 heteroatoms. The van der Waals surface area contributed by atoms with Crippen molar-refractivity contribution in [1.29, 1.82) is 0 Å². The van der Waals surface area contributed by atoms with E-state index < -0.39 is 0 Å². The average Bonchev–Trinajstić information content (AvgIpc) is 3.33. The van der Waals surface area contributed by atoms with Crippen LogP contribution in [0.5, 0.6) is 5.75 Å². The van der Waals surface area contributed by atoms with E-state index in [2.05, 4.69) is 16.9 Å². The van der Waals surface area contributed by atoms with Crippen LogP contribution in [0.1, 0.15) is 25.7 Å². The lowest BCUT2D eigenvalue weighted by atomic mass is 10.0. The van der Waals surface area contributed by atoms with Gasteiger partial charge in [0.1, 0.15) is 22.9 Å². The Balaban J connectivity index is 1.27. The van der Waals surface area contributed by atoms with E-state index in [0.29, 0.717) is 43.8 Å². The normalized spacial score (nSPS) is 22.4. The standard InChI is InChI=1S/C26H23Cl2N3O2S/c1-30-17-6-7-18(30)11-20(10-17)33-23-9-8-19(12-21(23)28)31-14-29-22-13-24(34-25(22)26(31)32)15-2-4-16(27)5-3-15/h2-5,8-9,12-14,17-18,20H,6-7,10-11H2,1H3/t17-,18+,20-. The zero-order valence-electron chi connectivity index (χ0n) is 18.6. The third-order valence-electron chi connectivity index (χ3n) is 7.11. The molecule has 2 aromatic carbocycles. The average molecular weight is 512 g/mol. The van der Waals surface area contributed by atoms with Crippen LogP contribution in [0.4, 0.5) is 0 Å². The fraction of sp³-hybridized carbons (Fsp3) is 0.308. The number of nitrogens with zero attached hydrogens (tertiary/aromatic N) is 3. The quantitative estimate of drug-likeness (QED) is 0.317. The van der Waals surface area contributed by atoms with Gasteiger partial charge in [-0.2, -0.15) is 0 Å². The van der Waals surface area contributed by atoms with Crippen LogP contribution in [0.15, 0.2) is 59.7 Å². The van der Waals surface area contributed by atoms with E-state index in [-0.39, 0.29) is 11.7 Å². The molecule has 4 heterocycles. The van der Waals surface area contributed by atoms with Crippen molar-refractivity contribution in [2.75, 3.05) is 7.05 Å². The van der Waals surface area contributed by atoms with Crippen molar-refractivity contribution in [3.05, 3.63) is 75.3 Å². The Kier molecular flexibility index (Phi) is 5.65. The van der Waals surface area contributed by atoms with Crippen LogP contribution in [-0.4, -0.2) is 39.7 Å². The highest BCUT2D eigenvalue weighted by Crippen LogP contribution is 2.38. The maximum absolute atomic E-state index is 13.3. The van der Waals surface area contributed by atoms with Crippen molar-refractivity contribution < 1.29 is 4.74 Å². The van der Waals surface area contributed by atoms with Gasteiger partial charge >= 0.3 is 0 Å². The molecule has 0 N–H and O–H groups in total. The van der Waals surface area contributed by atoms with Crippen LogP contribution in [0.3, 0.4) is 0 Å². The summed E-state index contributed by atoms with van der Waals surface area (Å²) >= 11 is 14.0. The Morgan fingerprint density at radius 3 is 2.47 bits per heavy atom. The summed E-state index contributed by atoms with van der Waals surface area (Å²) in [6.45, 7) is 0. The number of benzene rings is 2. The molecule has 6 rings (SSSR count). The number of halogens is 2. The second-order valence-electron chi connectivity index (χ2n) is 9.13. The van der Waals surface area contributed by atoms with Gasteiger partial charge in [0, 0.05) is 22.0 Å². The Morgan fingerprint density at radius 1 is 1.03 bits per heavy atom. The molecule has 2 bridgehead atoms. The van der Waals surface area contributed by atoms with Crippen molar-refractivity contribution in [2.24, 2.45) is 0 Å². The van der Waals surface area contributed by atoms with Crippen LogP contribution < -0.4 is 10.3 Å². The molecule has 5 nitrogen and oxygen atoms in total. The summed E-state index contributed by atoms with van der Waals surface area (Å²) in [7, 11) is 2.22. The first-order valence-electron chi connectivity index (χ1n) is 11.4. The highest BCUT2D eigenvalue weighted by Gasteiger charge is 2.39. The molecule has 0 spiro atoms. The Morgan fingerprint density at radius 2 is 1.76 bits per heavy atom. The summed E-state index contributed by atoms with van der Waals surface area (Å²) in [5.41, 5.74) is 2.23. The zero-order chi connectivity index (χ0) is 23.4. The summed E-state index contributed by atoms with van der Waals surface area (Å²) in [5, 5.41) is 1.18. The highest BCUT2D eigenvalue weighted by molar-refractivity contribution is 7.22. The molecule has 4 aromatic rings. The molecule has 3 atom stereocenters. The molecule has 0 saturated carbocycles. The molecular formula is C26H23Cl2N3O2S. The molecule has 0 aliphatic carbocycles. The molecule has 0 unspecified atom stereocenters. The molecule has 34 heavy (non-hydrogen) atoms. The van der Waals surface area contributed by atoms with E-state index in [1.807, 2.05) is 42.5 Å². The molecule has 2 fully saturated rings. The second-order valence-corrected chi connectivity index (χ2v) is 11.0. The van der Waals surface area contributed by atoms with E-state index in [9.17, 15) is 4.79 Å². The summed E-state index contributed by atoms with van der Waals surface area (Å²) in [6, 6.07) is 16.2. The van der Waals surface area contributed by atoms with Gasteiger partial charge in [-0.15, -0.1) is 11.3 Å². The van der Waals surface area contributed by atoms with Crippen LogP contribution >= 0.6 is 34.5 Å². The zero-order valence-corrected chi connectivity index (χ0v) is 20.9. The van der Waals surface area contributed by atoms with Crippen LogP contribution in [0.25, 0.3) is 26.3 Å². The summed E-state index contributed by atoms with van der Waals surface area (Å²) < 4.78 is 8.44. The largest absolute Gasteiger partial charge is 0.489 e. The van der Waals surface area contributed by atoms with Crippen molar-refractivity contribution >= 4 is 44.8 Å². The first kappa shape index (κ1) is 22.1. The number of hydrogen-bond acceptors (Lipinski definition) is 5. The van der Waals surface area contributed by atoms with E-state index in [0.717, 1.165) is 23.3 Å². The smallest absolute Gasteiger partial charge is 0.275 e. The van der Waals surface area contributed by atoms with Gasteiger partial charge in [-0.1, -0.05) is 35.3 Å². The number of ether oxygens (including phenoxy) is 1. The predicted molar refractivity (Wildman–Crippen MR) is 139 cm³/mol. The van der Waals surface area contributed by atoms with Crippen molar-refractivity contribution in [1.82, 2.24) is 14.5 Å². The number of piperidine rings is 1. The molecule has 2 saturated heterocycles. The lowest BCUT2D eigenvalue weighted by molar-refractivity contribution is 0.0662. The first-order valence-corrected chi connectivity index (χ1v) is 13.0. The SMILES string of the molecule is CN1[C@@H]2CC[C@H]1C[C@H](Oc1ccc(-n3cnc4cc(-c5ccc(Cl)cc5)sc4c3=O)cc1Cl)C2. The Bertz CT molecular complexity index is 1420. The molecule has 2 aliphatic rings. The summed E-state index contributed by atoms with van der Waals surface area (Å²) in [5.74, 6) is 0.669. The maximum Gasteiger partial charge on any atom is 0.275 e. The predicted octanol–water partition coefficient (Wildman–Crippen LogP) is 6.43. The van der Waals surface area contributed by atoms with Crippen LogP contribution in [0.2, 0.25) is 10.0 Å². The Labute approximate surface area is 211 Å². The first-order chi connectivity index (χ1) is 16.5. The number of fused-ring (bicyclic) bond motifs is 3. The number of rotatable bonds is 4. The molecule has 0 amide bonds. The fourth-order valence-electron chi connectivity index (χ4n) is 5.23. The number of aromatic nitrogens is 2. The van der Waals surface area contributed by atoms with Crippen molar-refractivity contribution in [3.8, 4) is 21.9 Å². The van der Waals surface area contributed by atoms with Gasteiger partial charge in [0.15, 0.2) is 0 Å². The van der Waals surface area contributed by atoms with Crippen LogP contribution in [0, 0.1) is 0 Å². The third-order valence-corrected chi connectivity index (χ3v) is 8.82. The Hall–Kier alpha value is -2.38. The van der Waals surface area contributed by atoms with Gasteiger partial charge in [-0.05, 0) is 74.7 Å². The summed E-state index contributed by atoms with van der Waals surface area (Å²) in [4.78, 5) is 21.3.